The molecule has 0 spiro atoms. The first-order valence-corrected chi connectivity index (χ1v) is 4.35. The molecule has 2 nitrogen and oxygen atoms in total. The summed E-state index contributed by atoms with van der Waals surface area (Å²) in [5, 5.41) is 0. The fraction of sp³-hybridized carbons (Fsp3) is 0.750. The fourth-order valence-corrected chi connectivity index (χ4v) is 1.11. The van der Waals surface area contributed by atoms with E-state index in [4.69, 9.17) is 21.1 Å². The second-order valence-corrected chi connectivity index (χ2v) is 2.74. The molecule has 0 saturated carbocycles. The zero-order valence-corrected chi connectivity index (χ0v) is 7.22. The summed E-state index contributed by atoms with van der Waals surface area (Å²) in [6.07, 6.45) is 5.13. The molecule has 1 rings (SSSR count). The van der Waals surface area contributed by atoms with Crippen molar-refractivity contribution in [1.82, 2.24) is 0 Å². The molecule has 1 atom stereocenters. The van der Waals surface area contributed by atoms with Crippen LogP contribution in [-0.4, -0.2) is 19.5 Å². The maximum atomic E-state index is 5.33. The Morgan fingerprint density at radius 3 is 3.09 bits per heavy atom. The summed E-state index contributed by atoms with van der Waals surface area (Å²) < 4.78 is 10.7. The number of hydrogen-bond donors (Lipinski definition) is 0. The molecule has 1 fully saturated rings. The first kappa shape index (κ1) is 9.04. The summed E-state index contributed by atoms with van der Waals surface area (Å²) in [4.78, 5) is 0. The molecule has 0 amide bonds. The molecule has 0 aliphatic carbocycles. The van der Waals surface area contributed by atoms with Crippen LogP contribution >= 0.6 is 11.6 Å². The van der Waals surface area contributed by atoms with Gasteiger partial charge in [-0.3, -0.25) is 0 Å². The Morgan fingerprint density at radius 2 is 2.45 bits per heavy atom. The normalized spacial score (nSPS) is 26.1. The molecule has 0 radical (unpaired) electrons. The summed E-state index contributed by atoms with van der Waals surface area (Å²) in [6, 6.07) is 0. The van der Waals surface area contributed by atoms with Gasteiger partial charge in [0.05, 0.1) is 6.61 Å². The maximum absolute atomic E-state index is 5.33. The third-order valence-electron chi connectivity index (χ3n) is 1.61. The first-order valence-electron chi connectivity index (χ1n) is 3.92. The Balaban J connectivity index is 2.04. The molecule has 0 aromatic carbocycles. The van der Waals surface area contributed by atoms with Gasteiger partial charge < -0.3 is 9.47 Å². The molecule has 3 heteroatoms. The molecule has 64 valence electrons. The van der Waals surface area contributed by atoms with Crippen LogP contribution < -0.4 is 0 Å². The second kappa shape index (κ2) is 5.58. The monoisotopic (exact) mass is 176 g/mol. The van der Waals surface area contributed by atoms with Crippen molar-refractivity contribution in [3.8, 4) is 0 Å². The average Bonchev–Trinajstić information content (AvgIpc) is 2.07. The Hall–Kier alpha value is -0.0500. The summed E-state index contributed by atoms with van der Waals surface area (Å²) in [7, 11) is 0. The van der Waals surface area contributed by atoms with Gasteiger partial charge in [0.25, 0.3) is 0 Å². The Bertz CT molecular complexity index is 119. The second-order valence-electron chi connectivity index (χ2n) is 2.49. The molecule has 0 aromatic rings. The van der Waals surface area contributed by atoms with Crippen LogP contribution in [0.4, 0.5) is 0 Å². The van der Waals surface area contributed by atoms with E-state index < -0.39 is 0 Å². The highest BCUT2D eigenvalue weighted by Crippen LogP contribution is 2.13. The van der Waals surface area contributed by atoms with Crippen LogP contribution in [0.1, 0.15) is 19.3 Å². The van der Waals surface area contributed by atoms with Crippen molar-refractivity contribution in [2.24, 2.45) is 0 Å². The zero-order valence-electron chi connectivity index (χ0n) is 6.46. The highest BCUT2D eigenvalue weighted by Gasteiger charge is 2.12. The fourth-order valence-electron chi connectivity index (χ4n) is 1.04. The third-order valence-corrected chi connectivity index (χ3v) is 1.78. The summed E-state index contributed by atoms with van der Waals surface area (Å²) >= 11 is 5.32. The van der Waals surface area contributed by atoms with Crippen molar-refractivity contribution in [1.29, 1.82) is 0 Å². The molecular formula is C8H13ClO2. The van der Waals surface area contributed by atoms with Gasteiger partial charge in [0, 0.05) is 12.1 Å². The van der Waals surface area contributed by atoms with Gasteiger partial charge in [-0.2, -0.15) is 0 Å². The van der Waals surface area contributed by atoms with E-state index >= 15 is 0 Å². The molecule has 0 aromatic heterocycles. The van der Waals surface area contributed by atoms with Gasteiger partial charge in [-0.05, 0) is 25.3 Å². The van der Waals surface area contributed by atoms with E-state index in [9.17, 15) is 0 Å². The van der Waals surface area contributed by atoms with Gasteiger partial charge >= 0.3 is 0 Å². The van der Waals surface area contributed by atoms with Gasteiger partial charge in [0.1, 0.15) is 0 Å². The van der Waals surface area contributed by atoms with E-state index in [1.807, 2.05) is 0 Å². The molecule has 11 heavy (non-hydrogen) atoms. The van der Waals surface area contributed by atoms with E-state index in [0.717, 1.165) is 19.4 Å². The van der Waals surface area contributed by atoms with E-state index in [1.54, 1.807) is 6.08 Å². The topological polar surface area (TPSA) is 18.5 Å². The lowest BCUT2D eigenvalue weighted by Crippen LogP contribution is -2.22. The van der Waals surface area contributed by atoms with E-state index in [0.29, 0.717) is 6.61 Å². The van der Waals surface area contributed by atoms with Crippen LogP contribution in [0, 0.1) is 0 Å². The maximum Gasteiger partial charge on any atom is 0.157 e. The van der Waals surface area contributed by atoms with Gasteiger partial charge in [-0.1, -0.05) is 11.6 Å². The third kappa shape index (κ3) is 3.75. The van der Waals surface area contributed by atoms with Gasteiger partial charge in [0.15, 0.2) is 6.29 Å². The van der Waals surface area contributed by atoms with Crippen molar-refractivity contribution >= 4 is 11.6 Å². The minimum Gasteiger partial charge on any atom is -0.353 e. The molecule has 0 unspecified atom stereocenters. The summed E-state index contributed by atoms with van der Waals surface area (Å²) in [6.45, 7) is 1.38. The average molecular weight is 177 g/mol. The van der Waals surface area contributed by atoms with Crippen molar-refractivity contribution < 1.29 is 9.47 Å². The van der Waals surface area contributed by atoms with Crippen molar-refractivity contribution in [2.45, 2.75) is 25.6 Å². The van der Waals surface area contributed by atoms with E-state index in [-0.39, 0.29) is 6.29 Å². The predicted octanol–water partition coefficient (Wildman–Crippen LogP) is 2.28. The highest BCUT2D eigenvalue weighted by atomic mass is 35.5. The SMILES string of the molecule is Cl/C=C/CO[C@@H]1CCCCO1. The minimum absolute atomic E-state index is 0.00313. The molecule has 0 N–H and O–H groups in total. The van der Waals surface area contributed by atoms with Crippen LogP contribution in [0.25, 0.3) is 0 Å². The van der Waals surface area contributed by atoms with Crippen LogP contribution in [0.5, 0.6) is 0 Å². The number of rotatable bonds is 3. The highest BCUT2D eigenvalue weighted by molar-refractivity contribution is 6.25. The lowest BCUT2D eigenvalue weighted by atomic mass is 10.2. The minimum atomic E-state index is -0.00313. The van der Waals surface area contributed by atoms with Crippen LogP contribution in [0.2, 0.25) is 0 Å². The van der Waals surface area contributed by atoms with Crippen molar-refractivity contribution in [3.05, 3.63) is 11.6 Å². The lowest BCUT2D eigenvalue weighted by molar-refractivity contribution is -0.155. The Kier molecular flexibility index (Phi) is 4.59. The standard InChI is InChI=1S/C8H13ClO2/c9-5-3-7-11-8-4-1-2-6-10-8/h3,5,8H,1-2,4,6-7H2/b5-3+/t8-/m1/s1. The van der Waals surface area contributed by atoms with Gasteiger partial charge in [-0.25, -0.2) is 0 Å². The molecular weight excluding hydrogens is 164 g/mol. The molecule has 1 aliphatic rings. The quantitative estimate of drug-likeness (QED) is 0.657. The molecule has 1 heterocycles. The van der Waals surface area contributed by atoms with E-state index in [2.05, 4.69) is 0 Å². The molecule has 1 aliphatic heterocycles. The smallest absolute Gasteiger partial charge is 0.157 e. The van der Waals surface area contributed by atoms with Crippen LogP contribution in [0.15, 0.2) is 11.6 Å². The number of halogens is 1. The Morgan fingerprint density at radius 1 is 1.55 bits per heavy atom. The Labute approximate surface area is 72.1 Å². The summed E-state index contributed by atoms with van der Waals surface area (Å²) in [5.74, 6) is 0. The summed E-state index contributed by atoms with van der Waals surface area (Å²) in [5.41, 5.74) is 1.46. The molecule has 0 bridgehead atoms. The zero-order chi connectivity index (χ0) is 7.94. The first-order chi connectivity index (χ1) is 5.43. The number of hydrogen-bond acceptors (Lipinski definition) is 2. The number of ether oxygens (including phenoxy) is 2. The van der Waals surface area contributed by atoms with Crippen molar-refractivity contribution in [3.63, 3.8) is 0 Å². The lowest BCUT2D eigenvalue weighted by Gasteiger charge is -2.21. The van der Waals surface area contributed by atoms with Gasteiger partial charge in [-0.15, -0.1) is 0 Å². The largest absolute Gasteiger partial charge is 0.353 e. The predicted molar refractivity (Wildman–Crippen MR) is 44.5 cm³/mol. The van der Waals surface area contributed by atoms with Crippen LogP contribution in [0.3, 0.4) is 0 Å². The van der Waals surface area contributed by atoms with Crippen LogP contribution in [-0.2, 0) is 9.47 Å². The molecule has 1 saturated heterocycles. The van der Waals surface area contributed by atoms with E-state index in [1.165, 1.54) is 12.0 Å². The van der Waals surface area contributed by atoms with Gasteiger partial charge in [0.2, 0.25) is 0 Å². The van der Waals surface area contributed by atoms with Crippen molar-refractivity contribution in [2.75, 3.05) is 13.2 Å².